The Morgan fingerprint density at radius 1 is 1.07 bits per heavy atom. The van der Waals surface area contributed by atoms with Gasteiger partial charge in [-0.05, 0) is 55.5 Å². The predicted octanol–water partition coefficient (Wildman–Crippen LogP) is 4.10. The van der Waals surface area contributed by atoms with Crippen molar-refractivity contribution in [2.75, 3.05) is 19.6 Å². The van der Waals surface area contributed by atoms with E-state index in [0.29, 0.717) is 24.0 Å². The number of amides is 1. The number of halogens is 1. The standard InChI is InChI=1S/C22H27ClN2O3S/c1-17-3-5-19(6-4-17)15-25(16-22(26)24-13-11-18(2)12-14-24)29(27,28)21-9-7-20(23)8-10-21/h3-10,18H,11-16H2,1-2H3. The molecule has 2 aromatic rings. The Morgan fingerprint density at radius 2 is 1.66 bits per heavy atom. The van der Waals surface area contributed by atoms with Gasteiger partial charge >= 0.3 is 0 Å². The number of benzene rings is 2. The summed E-state index contributed by atoms with van der Waals surface area (Å²) in [7, 11) is -3.84. The lowest BCUT2D eigenvalue weighted by Gasteiger charge is -2.32. The highest BCUT2D eigenvalue weighted by Crippen LogP contribution is 2.22. The molecular formula is C22H27ClN2O3S. The molecule has 0 atom stereocenters. The first-order valence-corrected chi connectivity index (χ1v) is 11.7. The fourth-order valence-corrected chi connectivity index (χ4v) is 4.89. The quantitative estimate of drug-likeness (QED) is 0.687. The van der Waals surface area contributed by atoms with Crippen LogP contribution in [0.3, 0.4) is 0 Å². The second-order valence-electron chi connectivity index (χ2n) is 7.78. The molecule has 5 nitrogen and oxygen atoms in total. The molecule has 1 amide bonds. The maximum absolute atomic E-state index is 13.3. The highest BCUT2D eigenvalue weighted by molar-refractivity contribution is 7.89. The molecule has 1 saturated heterocycles. The van der Waals surface area contributed by atoms with Crippen molar-refractivity contribution in [3.8, 4) is 0 Å². The average Bonchev–Trinajstić information content (AvgIpc) is 2.70. The number of carbonyl (C=O) groups excluding carboxylic acids is 1. The van der Waals surface area contributed by atoms with E-state index in [-0.39, 0.29) is 23.9 Å². The Bertz CT molecular complexity index is 935. The van der Waals surface area contributed by atoms with Crippen molar-refractivity contribution in [1.29, 1.82) is 0 Å². The third kappa shape index (κ3) is 5.59. The van der Waals surface area contributed by atoms with Crippen LogP contribution in [0, 0.1) is 12.8 Å². The van der Waals surface area contributed by atoms with E-state index < -0.39 is 10.0 Å². The minimum atomic E-state index is -3.84. The molecule has 0 bridgehead atoms. The van der Waals surface area contributed by atoms with Crippen molar-refractivity contribution in [2.45, 2.75) is 38.1 Å². The van der Waals surface area contributed by atoms with Gasteiger partial charge in [-0.2, -0.15) is 4.31 Å². The summed E-state index contributed by atoms with van der Waals surface area (Å²) in [6.07, 6.45) is 1.90. The summed E-state index contributed by atoms with van der Waals surface area (Å²) in [4.78, 5) is 14.8. The number of rotatable bonds is 6. The van der Waals surface area contributed by atoms with Crippen LogP contribution in [0.2, 0.25) is 5.02 Å². The van der Waals surface area contributed by atoms with Gasteiger partial charge in [0.05, 0.1) is 11.4 Å². The van der Waals surface area contributed by atoms with Crippen LogP contribution in [0.1, 0.15) is 30.9 Å². The smallest absolute Gasteiger partial charge is 0.243 e. The third-order valence-electron chi connectivity index (χ3n) is 5.38. The van der Waals surface area contributed by atoms with Gasteiger partial charge in [-0.15, -0.1) is 0 Å². The summed E-state index contributed by atoms with van der Waals surface area (Å²) in [6.45, 7) is 5.48. The Hall–Kier alpha value is -1.89. The predicted molar refractivity (Wildman–Crippen MR) is 115 cm³/mol. The molecular weight excluding hydrogens is 408 g/mol. The molecule has 1 aliphatic rings. The van der Waals surface area contributed by atoms with Gasteiger partial charge in [0.2, 0.25) is 15.9 Å². The Balaban J connectivity index is 1.85. The molecule has 0 saturated carbocycles. The lowest BCUT2D eigenvalue weighted by molar-refractivity contribution is -0.132. The monoisotopic (exact) mass is 434 g/mol. The summed E-state index contributed by atoms with van der Waals surface area (Å²) in [6, 6.07) is 13.7. The van der Waals surface area contributed by atoms with Crippen LogP contribution in [0.25, 0.3) is 0 Å². The lowest BCUT2D eigenvalue weighted by atomic mass is 9.99. The van der Waals surface area contributed by atoms with E-state index in [1.54, 1.807) is 17.0 Å². The molecule has 0 aromatic heterocycles. The molecule has 156 valence electrons. The summed E-state index contributed by atoms with van der Waals surface area (Å²) in [5.41, 5.74) is 1.94. The number of hydrogen-bond acceptors (Lipinski definition) is 3. The molecule has 0 unspecified atom stereocenters. The van der Waals surface area contributed by atoms with E-state index in [0.717, 1.165) is 24.0 Å². The van der Waals surface area contributed by atoms with Crippen molar-refractivity contribution >= 4 is 27.5 Å². The summed E-state index contributed by atoms with van der Waals surface area (Å²) in [5.74, 6) is 0.446. The van der Waals surface area contributed by atoms with Gasteiger partial charge < -0.3 is 4.90 Å². The van der Waals surface area contributed by atoms with Gasteiger partial charge in [0.15, 0.2) is 0 Å². The lowest BCUT2D eigenvalue weighted by Crippen LogP contribution is -2.45. The summed E-state index contributed by atoms with van der Waals surface area (Å²) in [5, 5.41) is 0.465. The Morgan fingerprint density at radius 3 is 2.24 bits per heavy atom. The first-order valence-electron chi connectivity index (χ1n) is 9.85. The zero-order valence-electron chi connectivity index (χ0n) is 16.8. The molecule has 1 fully saturated rings. The molecule has 0 aliphatic carbocycles. The van der Waals surface area contributed by atoms with Gasteiger partial charge in [-0.3, -0.25) is 4.79 Å². The fourth-order valence-electron chi connectivity index (χ4n) is 3.39. The van der Waals surface area contributed by atoms with Crippen LogP contribution in [0.4, 0.5) is 0 Å². The van der Waals surface area contributed by atoms with Gasteiger partial charge in [0, 0.05) is 24.7 Å². The van der Waals surface area contributed by atoms with E-state index >= 15 is 0 Å². The third-order valence-corrected chi connectivity index (χ3v) is 7.44. The van der Waals surface area contributed by atoms with Crippen LogP contribution in [0.15, 0.2) is 53.4 Å². The van der Waals surface area contributed by atoms with Crippen molar-refractivity contribution < 1.29 is 13.2 Å². The average molecular weight is 435 g/mol. The van der Waals surface area contributed by atoms with E-state index in [4.69, 9.17) is 11.6 Å². The largest absolute Gasteiger partial charge is 0.342 e. The van der Waals surface area contributed by atoms with Crippen LogP contribution >= 0.6 is 11.6 Å². The number of sulfonamides is 1. The zero-order valence-corrected chi connectivity index (χ0v) is 18.4. The molecule has 1 heterocycles. The molecule has 0 N–H and O–H groups in total. The maximum atomic E-state index is 13.3. The van der Waals surface area contributed by atoms with Crippen molar-refractivity contribution in [1.82, 2.24) is 9.21 Å². The van der Waals surface area contributed by atoms with Gasteiger partial charge in [0.1, 0.15) is 0 Å². The Kier molecular flexibility index (Phi) is 6.98. The van der Waals surface area contributed by atoms with Crippen LogP contribution in [-0.4, -0.2) is 43.2 Å². The first kappa shape index (κ1) is 21.8. The molecule has 2 aromatic carbocycles. The van der Waals surface area contributed by atoms with E-state index in [1.165, 1.54) is 16.4 Å². The second kappa shape index (κ2) is 9.28. The number of hydrogen-bond donors (Lipinski definition) is 0. The highest BCUT2D eigenvalue weighted by Gasteiger charge is 2.29. The molecule has 1 aliphatic heterocycles. The normalized spacial score (nSPS) is 15.7. The number of aryl methyl sites for hydroxylation is 1. The number of carbonyl (C=O) groups is 1. The zero-order chi connectivity index (χ0) is 21.0. The van der Waals surface area contributed by atoms with Crippen LogP contribution < -0.4 is 0 Å². The fraction of sp³-hybridized carbons (Fsp3) is 0.409. The van der Waals surface area contributed by atoms with Crippen molar-refractivity contribution in [2.24, 2.45) is 5.92 Å². The number of piperidine rings is 1. The maximum Gasteiger partial charge on any atom is 0.243 e. The minimum Gasteiger partial charge on any atom is -0.342 e. The van der Waals surface area contributed by atoms with Gasteiger partial charge in [0.25, 0.3) is 0 Å². The highest BCUT2D eigenvalue weighted by atomic mass is 35.5. The summed E-state index contributed by atoms with van der Waals surface area (Å²) >= 11 is 5.91. The molecule has 29 heavy (non-hydrogen) atoms. The second-order valence-corrected chi connectivity index (χ2v) is 10.2. The first-order chi connectivity index (χ1) is 13.8. The van der Waals surface area contributed by atoms with Crippen molar-refractivity contribution in [3.05, 3.63) is 64.7 Å². The van der Waals surface area contributed by atoms with E-state index in [9.17, 15) is 13.2 Å². The Labute approximate surface area is 178 Å². The van der Waals surface area contributed by atoms with E-state index in [2.05, 4.69) is 6.92 Å². The summed E-state index contributed by atoms with van der Waals surface area (Å²) < 4.78 is 27.9. The SMILES string of the molecule is Cc1ccc(CN(CC(=O)N2CCC(C)CC2)S(=O)(=O)c2ccc(Cl)cc2)cc1. The van der Waals surface area contributed by atoms with Crippen LogP contribution in [0.5, 0.6) is 0 Å². The number of likely N-dealkylation sites (tertiary alicyclic amines) is 1. The number of nitrogens with zero attached hydrogens (tertiary/aromatic N) is 2. The molecule has 3 rings (SSSR count). The minimum absolute atomic E-state index is 0.133. The van der Waals surface area contributed by atoms with Gasteiger partial charge in [-0.1, -0.05) is 48.4 Å². The molecule has 0 radical (unpaired) electrons. The molecule has 7 heteroatoms. The van der Waals surface area contributed by atoms with Crippen molar-refractivity contribution in [3.63, 3.8) is 0 Å². The van der Waals surface area contributed by atoms with E-state index in [1.807, 2.05) is 31.2 Å². The van der Waals surface area contributed by atoms with Gasteiger partial charge in [-0.25, -0.2) is 8.42 Å². The van der Waals surface area contributed by atoms with Crippen LogP contribution in [-0.2, 0) is 21.4 Å². The molecule has 0 spiro atoms. The topological polar surface area (TPSA) is 57.7 Å².